The number of halogens is 2. The fourth-order valence-corrected chi connectivity index (χ4v) is 2.25. The van der Waals surface area contributed by atoms with Crippen molar-refractivity contribution in [2.24, 2.45) is 5.92 Å². The minimum Gasteiger partial charge on any atom is -0.394 e. The molecule has 0 aliphatic heterocycles. The number of aliphatic hydroxyl groups is 1. The van der Waals surface area contributed by atoms with Gasteiger partial charge in [-0.1, -0.05) is 29.8 Å². The van der Waals surface area contributed by atoms with Crippen molar-refractivity contribution in [2.75, 3.05) is 6.61 Å². The Labute approximate surface area is 126 Å². The smallest absolute Gasteiger partial charge is 0.315 e. The molecule has 6 heteroatoms. The third-order valence-corrected chi connectivity index (χ3v) is 3.25. The molecule has 0 bridgehead atoms. The lowest BCUT2D eigenvalue weighted by Crippen LogP contribution is -2.44. The monoisotopic (exact) mass is 346 g/mol. The Hall–Kier alpha value is -1.14. The van der Waals surface area contributed by atoms with Gasteiger partial charge in [-0.3, -0.25) is 0 Å². The van der Waals surface area contributed by atoms with Gasteiger partial charge in [0.05, 0.1) is 12.6 Å². The number of benzene rings is 1. The maximum absolute atomic E-state index is 13.5. The largest absolute Gasteiger partial charge is 0.394 e. The van der Waals surface area contributed by atoms with Gasteiger partial charge in [0.15, 0.2) is 0 Å². The van der Waals surface area contributed by atoms with Crippen molar-refractivity contribution in [2.45, 2.75) is 32.9 Å². The van der Waals surface area contributed by atoms with Gasteiger partial charge in [0.25, 0.3) is 0 Å². The number of rotatable bonds is 6. The fourth-order valence-electron chi connectivity index (χ4n) is 1.84. The van der Waals surface area contributed by atoms with Gasteiger partial charge in [0.1, 0.15) is 5.82 Å². The van der Waals surface area contributed by atoms with Crippen LogP contribution >= 0.6 is 15.9 Å². The molecule has 20 heavy (non-hydrogen) atoms. The van der Waals surface area contributed by atoms with Crippen LogP contribution in [0.4, 0.5) is 9.18 Å². The zero-order chi connectivity index (χ0) is 15.1. The Bertz CT molecular complexity index is 455. The van der Waals surface area contributed by atoms with Gasteiger partial charge < -0.3 is 15.7 Å². The van der Waals surface area contributed by atoms with Gasteiger partial charge in [0.2, 0.25) is 0 Å². The molecular formula is C14H20BrFN2O2. The van der Waals surface area contributed by atoms with E-state index in [9.17, 15) is 14.3 Å². The zero-order valence-electron chi connectivity index (χ0n) is 11.6. The van der Waals surface area contributed by atoms with Gasteiger partial charge in [-0.05, 0) is 30.5 Å². The van der Waals surface area contributed by atoms with Crippen molar-refractivity contribution < 1.29 is 14.3 Å². The molecule has 1 rings (SSSR count). The summed E-state index contributed by atoms with van der Waals surface area (Å²) < 4.78 is 14.2. The number of urea groups is 1. The quantitative estimate of drug-likeness (QED) is 0.741. The first-order chi connectivity index (χ1) is 9.42. The molecule has 0 fully saturated rings. The second-order valence-corrected chi connectivity index (χ2v) is 5.99. The third-order valence-electron chi connectivity index (χ3n) is 2.76. The number of amides is 2. The van der Waals surface area contributed by atoms with Gasteiger partial charge in [-0.15, -0.1) is 0 Å². The average molecular weight is 347 g/mol. The van der Waals surface area contributed by atoms with Crippen molar-refractivity contribution in [3.63, 3.8) is 0 Å². The average Bonchev–Trinajstić information content (AvgIpc) is 2.38. The third kappa shape index (κ3) is 5.88. The summed E-state index contributed by atoms with van der Waals surface area (Å²) >= 11 is 3.25. The second-order valence-electron chi connectivity index (χ2n) is 5.07. The first-order valence-corrected chi connectivity index (χ1v) is 7.30. The lowest BCUT2D eigenvalue weighted by molar-refractivity contribution is 0.206. The van der Waals surface area contributed by atoms with E-state index >= 15 is 0 Å². The Kier molecular flexibility index (Phi) is 6.95. The Morgan fingerprint density at radius 2 is 2.15 bits per heavy atom. The van der Waals surface area contributed by atoms with Crippen LogP contribution in [0.15, 0.2) is 22.7 Å². The molecule has 2 amide bonds. The molecule has 0 heterocycles. The summed E-state index contributed by atoms with van der Waals surface area (Å²) in [7, 11) is 0. The lowest BCUT2D eigenvalue weighted by Gasteiger charge is -2.18. The minimum absolute atomic E-state index is 0.0942. The van der Waals surface area contributed by atoms with Gasteiger partial charge in [0, 0.05) is 16.6 Å². The van der Waals surface area contributed by atoms with E-state index in [1.807, 2.05) is 13.8 Å². The zero-order valence-corrected chi connectivity index (χ0v) is 13.2. The number of nitrogens with one attached hydrogen (secondary N) is 2. The van der Waals surface area contributed by atoms with Gasteiger partial charge in [-0.25, -0.2) is 9.18 Å². The van der Waals surface area contributed by atoms with E-state index in [0.717, 1.165) is 4.47 Å². The molecule has 3 N–H and O–H groups in total. The van der Waals surface area contributed by atoms with Crippen LogP contribution in [-0.2, 0) is 6.54 Å². The summed E-state index contributed by atoms with van der Waals surface area (Å²) in [5.74, 6) is 0.00404. The van der Waals surface area contributed by atoms with E-state index in [4.69, 9.17) is 0 Å². The summed E-state index contributed by atoms with van der Waals surface area (Å²) in [6.07, 6.45) is 0.690. The molecule has 112 valence electrons. The van der Waals surface area contributed by atoms with Crippen LogP contribution in [0.1, 0.15) is 25.8 Å². The molecule has 0 aromatic heterocycles. The van der Waals surface area contributed by atoms with E-state index < -0.39 is 6.03 Å². The van der Waals surface area contributed by atoms with Crippen molar-refractivity contribution in [3.05, 3.63) is 34.1 Å². The first-order valence-electron chi connectivity index (χ1n) is 6.51. The summed E-state index contributed by atoms with van der Waals surface area (Å²) in [6.45, 7) is 4.01. The van der Waals surface area contributed by atoms with Crippen molar-refractivity contribution in [1.29, 1.82) is 0 Å². The molecule has 4 nitrogen and oxygen atoms in total. The number of hydrogen-bond donors (Lipinski definition) is 3. The summed E-state index contributed by atoms with van der Waals surface area (Å²) in [4.78, 5) is 11.7. The van der Waals surface area contributed by atoms with Crippen molar-refractivity contribution in [1.82, 2.24) is 10.6 Å². The Balaban J connectivity index is 2.48. The minimum atomic E-state index is -0.413. The van der Waals surface area contributed by atoms with Crippen molar-refractivity contribution in [3.8, 4) is 0 Å². The van der Waals surface area contributed by atoms with Crippen LogP contribution in [-0.4, -0.2) is 23.8 Å². The van der Waals surface area contributed by atoms with E-state index in [1.165, 1.54) is 6.07 Å². The van der Waals surface area contributed by atoms with E-state index in [2.05, 4.69) is 26.6 Å². The Morgan fingerprint density at radius 3 is 2.75 bits per heavy atom. The predicted octanol–water partition coefficient (Wildman–Crippen LogP) is 2.79. The lowest BCUT2D eigenvalue weighted by atomic mass is 10.0. The number of carbonyl (C=O) groups is 1. The van der Waals surface area contributed by atoms with Crippen LogP contribution < -0.4 is 10.6 Å². The van der Waals surface area contributed by atoms with Crippen LogP contribution in [0.25, 0.3) is 0 Å². The van der Waals surface area contributed by atoms with Crippen LogP contribution in [0.2, 0.25) is 0 Å². The predicted molar refractivity (Wildman–Crippen MR) is 79.8 cm³/mol. The molecule has 0 saturated heterocycles. The van der Waals surface area contributed by atoms with Gasteiger partial charge in [-0.2, -0.15) is 0 Å². The maximum atomic E-state index is 13.5. The molecular weight excluding hydrogens is 327 g/mol. The molecule has 0 aliphatic rings. The van der Waals surface area contributed by atoms with Crippen molar-refractivity contribution >= 4 is 22.0 Å². The number of carbonyl (C=O) groups excluding carboxylic acids is 1. The number of hydrogen-bond acceptors (Lipinski definition) is 2. The number of aliphatic hydroxyl groups excluding tert-OH is 1. The van der Waals surface area contributed by atoms with E-state index in [1.54, 1.807) is 12.1 Å². The second kappa shape index (κ2) is 8.21. The normalized spacial score (nSPS) is 12.3. The van der Waals surface area contributed by atoms with Crippen LogP contribution in [0.5, 0.6) is 0 Å². The summed E-state index contributed by atoms with van der Waals surface area (Å²) in [5, 5.41) is 14.4. The standard InChI is InChI=1S/C14H20BrFN2O2/c1-9(2)5-12(8-19)18-14(20)17-7-10-6-11(15)3-4-13(10)16/h3-4,6,9,12,19H,5,7-8H2,1-2H3,(H2,17,18,20). The highest BCUT2D eigenvalue weighted by Crippen LogP contribution is 2.15. The molecule has 1 unspecified atom stereocenters. The molecule has 1 atom stereocenters. The first kappa shape index (κ1) is 16.9. The highest BCUT2D eigenvalue weighted by molar-refractivity contribution is 9.10. The maximum Gasteiger partial charge on any atom is 0.315 e. The van der Waals surface area contributed by atoms with E-state index in [-0.39, 0.29) is 25.0 Å². The summed E-state index contributed by atoms with van der Waals surface area (Å²) in [5.41, 5.74) is 0.402. The van der Waals surface area contributed by atoms with Crippen LogP contribution in [0.3, 0.4) is 0 Å². The molecule has 0 spiro atoms. The topological polar surface area (TPSA) is 61.4 Å². The highest BCUT2D eigenvalue weighted by atomic mass is 79.9. The molecule has 1 aromatic carbocycles. The Morgan fingerprint density at radius 1 is 1.45 bits per heavy atom. The van der Waals surface area contributed by atoms with E-state index in [0.29, 0.717) is 17.9 Å². The molecule has 0 radical (unpaired) electrons. The molecule has 0 aliphatic carbocycles. The molecule has 0 saturated carbocycles. The SMILES string of the molecule is CC(C)CC(CO)NC(=O)NCc1cc(Br)ccc1F. The fraction of sp³-hybridized carbons (Fsp3) is 0.500. The molecule has 1 aromatic rings. The van der Waals surface area contributed by atoms with Crippen LogP contribution in [0, 0.1) is 11.7 Å². The summed E-state index contributed by atoms with van der Waals surface area (Å²) in [6, 6.07) is 3.86. The van der Waals surface area contributed by atoms with Gasteiger partial charge >= 0.3 is 6.03 Å². The highest BCUT2D eigenvalue weighted by Gasteiger charge is 2.13.